The Kier molecular flexibility index (Phi) is 6.27. The van der Waals surface area contributed by atoms with Gasteiger partial charge in [-0.15, -0.1) is 0 Å². The van der Waals surface area contributed by atoms with E-state index in [0.717, 1.165) is 25.9 Å². The third-order valence-corrected chi connectivity index (χ3v) is 3.64. The molecule has 5 heteroatoms. The number of nitrogens with one attached hydrogen (secondary N) is 1. The average molecular weight is 286 g/mol. The van der Waals surface area contributed by atoms with E-state index in [1.807, 2.05) is 27.7 Å². The minimum absolute atomic E-state index is 0.0851. The molecule has 1 saturated heterocycles. The SMILES string of the molecule is CC(CO)NC(C)C1CCCN(C(=O)OC(C)(C)C)C1. The van der Waals surface area contributed by atoms with Crippen molar-refractivity contribution in [1.82, 2.24) is 10.2 Å². The molecule has 0 saturated carbocycles. The maximum Gasteiger partial charge on any atom is 0.410 e. The molecule has 0 spiro atoms. The number of hydrogen-bond donors (Lipinski definition) is 2. The number of nitrogens with zero attached hydrogens (tertiary/aromatic N) is 1. The molecule has 1 rings (SSSR count). The summed E-state index contributed by atoms with van der Waals surface area (Å²) in [5, 5.41) is 12.5. The van der Waals surface area contributed by atoms with Gasteiger partial charge >= 0.3 is 6.09 Å². The van der Waals surface area contributed by atoms with E-state index in [9.17, 15) is 4.79 Å². The third-order valence-electron chi connectivity index (χ3n) is 3.64. The lowest BCUT2D eigenvalue weighted by molar-refractivity contribution is 0.0144. The Morgan fingerprint density at radius 1 is 1.45 bits per heavy atom. The van der Waals surface area contributed by atoms with Crippen LogP contribution in [0.25, 0.3) is 0 Å². The summed E-state index contributed by atoms with van der Waals surface area (Å²) in [5.41, 5.74) is -0.445. The van der Waals surface area contributed by atoms with Gasteiger partial charge in [0.25, 0.3) is 0 Å². The van der Waals surface area contributed by atoms with E-state index in [2.05, 4.69) is 12.2 Å². The highest BCUT2D eigenvalue weighted by Crippen LogP contribution is 2.22. The summed E-state index contributed by atoms with van der Waals surface area (Å²) in [6.45, 7) is 11.4. The Hall–Kier alpha value is -0.810. The third kappa shape index (κ3) is 5.67. The number of ether oxygens (including phenoxy) is 1. The van der Waals surface area contributed by atoms with Gasteiger partial charge in [0.1, 0.15) is 5.60 Å². The highest BCUT2D eigenvalue weighted by atomic mass is 16.6. The second-order valence-electron chi connectivity index (χ2n) is 6.87. The number of rotatable bonds is 4. The van der Waals surface area contributed by atoms with E-state index in [-0.39, 0.29) is 24.8 Å². The molecule has 5 nitrogen and oxygen atoms in total. The molecule has 0 bridgehead atoms. The monoisotopic (exact) mass is 286 g/mol. The topological polar surface area (TPSA) is 61.8 Å². The van der Waals surface area contributed by atoms with E-state index in [4.69, 9.17) is 9.84 Å². The summed E-state index contributed by atoms with van der Waals surface area (Å²) in [6.07, 6.45) is 1.89. The van der Waals surface area contributed by atoms with Crippen LogP contribution in [0.5, 0.6) is 0 Å². The molecule has 1 fully saturated rings. The first kappa shape index (κ1) is 17.2. The van der Waals surface area contributed by atoms with Crippen LogP contribution in [0, 0.1) is 5.92 Å². The van der Waals surface area contributed by atoms with Crippen LogP contribution in [0.3, 0.4) is 0 Å². The van der Waals surface area contributed by atoms with Crippen molar-refractivity contribution >= 4 is 6.09 Å². The Morgan fingerprint density at radius 2 is 2.10 bits per heavy atom. The molecule has 1 heterocycles. The van der Waals surface area contributed by atoms with Crippen molar-refractivity contribution < 1.29 is 14.6 Å². The van der Waals surface area contributed by atoms with Crippen LogP contribution in [0.4, 0.5) is 4.79 Å². The first-order valence-corrected chi connectivity index (χ1v) is 7.57. The molecule has 0 aromatic heterocycles. The smallest absolute Gasteiger partial charge is 0.410 e. The highest BCUT2D eigenvalue weighted by molar-refractivity contribution is 5.68. The molecule has 0 aromatic rings. The van der Waals surface area contributed by atoms with Gasteiger partial charge < -0.3 is 20.1 Å². The Morgan fingerprint density at radius 3 is 2.65 bits per heavy atom. The summed E-state index contributed by atoms with van der Waals surface area (Å²) >= 11 is 0. The fraction of sp³-hybridized carbons (Fsp3) is 0.933. The first-order chi connectivity index (χ1) is 9.23. The quantitative estimate of drug-likeness (QED) is 0.829. The van der Waals surface area contributed by atoms with Gasteiger partial charge in [-0.1, -0.05) is 0 Å². The molecule has 3 unspecified atom stereocenters. The van der Waals surface area contributed by atoms with Crippen LogP contribution in [0.1, 0.15) is 47.5 Å². The van der Waals surface area contributed by atoms with E-state index >= 15 is 0 Å². The number of aliphatic hydroxyl groups excluding tert-OH is 1. The lowest BCUT2D eigenvalue weighted by Crippen LogP contribution is -2.49. The molecular formula is C15H30N2O3. The van der Waals surface area contributed by atoms with Gasteiger partial charge in [0.05, 0.1) is 6.61 Å². The molecule has 3 atom stereocenters. The van der Waals surface area contributed by atoms with Crippen molar-refractivity contribution in [2.24, 2.45) is 5.92 Å². The van der Waals surface area contributed by atoms with Gasteiger partial charge in [0, 0.05) is 25.2 Å². The number of piperidine rings is 1. The van der Waals surface area contributed by atoms with Gasteiger partial charge in [0.2, 0.25) is 0 Å². The van der Waals surface area contributed by atoms with E-state index in [1.54, 1.807) is 4.90 Å². The Labute approximate surface area is 122 Å². The second-order valence-corrected chi connectivity index (χ2v) is 6.87. The fourth-order valence-corrected chi connectivity index (χ4v) is 2.55. The summed E-state index contributed by atoms with van der Waals surface area (Å²) in [6, 6.07) is 0.365. The molecule has 1 aliphatic heterocycles. The normalized spacial score (nSPS) is 23.3. The summed E-state index contributed by atoms with van der Waals surface area (Å²) in [5.74, 6) is 0.408. The van der Waals surface area contributed by atoms with Crippen molar-refractivity contribution in [3.8, 4) is 0 Å². The average Bonchev–Trinajstić information content (AvgIpc) is 2.36. The number of amides is 1. The van der Waals surface area contributed by atoms with Crippen LogP contribution in [0.2, 0.25) is 0 Å². The summed E-state index contributed by atoms with van der Waals surface area (Å²) < 4.78 is 5.43. The molecule has 1 amide bonds. The van der Waals surface area contributed by atoms with Gasteiger partial charge in [0.15, 0.2) is 0 Å². The predicted molar refractivity (Wildman–Crippen MR) is 79.7 cm³/mol. The van der Waals surface area contributed by atoms with Gasteiger partial charge in [-0.25, -0.2) is 4.79 Å². The molecule has 0 aliphatic carbocycles. The van der Waals surface area contributed by atoms with E-state index < -0.39 is 5.60 Å². The highest BCUT2D eigenvalue weighted by Gasteiger charge is 2.30. The van der Waals surface area contributed by atoms with Gasteiger partial charge in [-0.05, 0) is 53.4 Å². The number of hydrogen-bond acceptors (Lipinski definition) is 4. The van der Waals surface area contributed by atoms with Crippen molar-refractivity contribution in [3.63, 3.8) is 0 Å². The van der Waals surface area contributed by atoms with Crippen molar-refractivity contribution in [1.29, 1.82) is 0 Å². The molecule has 0 radical (unpaired) electrons. The second kappa shape index (κ2) is 7.27. The number of carbonyl (C=O) groups excluding carboxylic acids is 1. The standard InChI is InChI=1S/C15H30N2O3/c1-11(10-18)16-12(2)13-7-6-8-17(9-13)14(19)20-15(3,4)5/h11-13,16,18H,6-10H2,1-5H3. The molecule has 20 heavy (non-hydrogen) atoms. The van der Waals surface area contributed by atoms with Gasteiger partial charge in [-0.2, -0.15) is 0 Å². The summed E-state index contributed by atoms with van der Waals surface area (Å²) in [4.78, 5) is 13.9. The number of likely N-dealkylation sites (tertiary alicyclic amines) is 1. The van der Waals surface area contributed by atoms with Crippen LogP contribution in [-0.2, 0) is 4.74 Å². The lowest BCUT2D eigenvalue weighted by atomic mass is 9.91. The molecule has 1 aliphatic rings. The minimum Gasteiger partial charge on any atom is -0.444 e. The lowest BCUT2D eigenvalue weighted by Gasteiger charge is -2.37. The summed E-state index contributed by atoms with van der Waals surface area (Å²) in [7, 11) is 0. The van der Waals surface area contributed by atoms with Crippen molar-refractivity contribution in [2.75, 3.05) is 19.7 Å². The largest absolute Gasteiger partial charge is 0.444 e. The zero-order valence-corrected chi connectivity index (χ0v) is 13.5. The van der Waals surface area contributed by atoms with E-state index in [0.29, 0.717) is 5.92 Å². The first-order valence-electron chi connectivity index (χ1n) is 7.57. The number of carbonyl (C=O) groups is 1. The van der Waals surface area contributed by atoms with Gasteiger partial charge in [-0.3, -0.25) is 0 Å². The molecule has 0 aromatic carbocycles. The Bertz CT molecular complexity index is 315. The van der Waals surface area contributed by atoms with Crippen LogP contribution < -0.4 is 5.32 Å². The molecule has 2 N–H and O–H groups in total. The zero-order chi connectivity index (χ0) is 15.3. The minimum atomic E-state index is -0.445. The van der Waals surface area contributed by atoms with Crippen LogP contribution in [-0.4, -0.2) is 53.5 Å². The Balaban J connectivity index is 2.51. The molecule has 118 valence electrons. The van der Waals surface area contributed by atoms with Crippen molar-refractivity contribution in [3.05, 3.63) is 0 Å². The maximum atomic E-state index is 12.1. The zero-order valence-electron chi connectivity index (χ0n) is 13.5. The molecular weight excluding hydrogens is 256 g/mol. The van der Waals surface area contributed by atoms with E-state index in [1.165, 1.54) is 0 Å². The van der Waals surface area contributed by atoms with Crippen LogP contribution in [0.15, 0.2) is 0 Å². The number of aliphatic hydroxyl groups is 1. The van der Waals surface area contributed by atoms with Crippen molar-refractivity contribution in [2.45, 2.75) is 65.1 Å². The fourth-order valence-electron chi connectivity index (χ4n) is 2.55. The predicted octanol–water partition coefficient (Wildman–Crippen LogP) is 1.99. The van der Waals surface area contributed by atoms with Crippen LogP contribution >= 0.6 is 0 Å². The maximum absolute atomic E-state index is 12.1.